The molecule has 0 spiro atoms. The molecule has 15 heteroatoms. The predicted molar refractivity (Wildman–Crippen MR) is 242 cm³/mol. The predicted octanol–water partition coefficient (Wildman–Crippen LogP) is 8.37. The Balaban J connectivity index is 0.864. The van der Waals surface area contributed by atoms with Crippen LogP contribution in [0.5, 0.6) is 5.75 Å². The van der Waals surface area contributed by atoms with Crippen LogP contribution in [0.4, 0.5) is 9.59 Å². The number of H-pyrrole nitrogens is 2. The molecule has 2 bridgehead atoms. The van der Waals surface area contributed by atoms with Gasteiger partial charge in [0.25, 0.3) is 5.91 Å². The number of rotatable bonds is 10. The smallest absolute Gasteiger partial charge is 0.407 e. The topological polar surface area (TPSA) is 184 Å². The summed E-state index contributed by atoms with van der Waals surface area (Å²) < 4.78 is 16.1. The van der Waals surface area contributed by atoms with E-state index in [2.05, 4.69) is 63.1 Å². The molecule has 4 amide bonds. The highest BCUT2D eigenvalue weighted by Crippen LogP contribution is 2.51. The molecule has 4 aromatic carbocycles. The average molecular weight is 877 g/mol. The average Bonchev–Trinajstić information content (AvgIpc) is 4.20. The fraction of sp³-hybridized carbons (Fsp3) is 0.360. The fourth-order valence-corrected chi connectivity index (χ4v) is 10.5. The van der Waals surface area contributed by atoms with E-state index in [0.29, 0.717) is 24.5 Å². The summed E-state index contributed by atoms with van der Waals surface area (Å²) in [7, 11) is 2.59. The van der Waals surface area contributed by atoms with E-state index in [9.17, 15) is 19.2 Å². The summed E-state index contributed by atoms with van der Waals surface area (Å²) in [4.78, 5) is 73.2. The van der Waals surface area contributed by atoms with Gasteiger partial charge in [-0.2, -0.15) is 0 Å². The van der Waals surface area contributed by atoms with Gasteiger partial charge in [-0.1, -0.05) is 68.4 Å². The molecule has 1 saturated carbocycles. The van der Waals surface area contributed by atoms with E-state index in [0.717, 1.165) is 93.8 Å². The summed E-state index contributed by atoms with van der Waals surface area (Å²) in [5.74, 6) is 2.06. The third-order valence-electron chi connectivity index (χ3n) is 13.7. The molecule has 6 aromatic rings. The van der Waals surface area contributed by atoms with Crippen molar-refractivity contribution in [2.24, 2.45) is 11.8 Å². The lowest BCUT2D eigenvalue weighted by molar-refractivity contribution is -0.138. The molecule has 2 saturated heterocycles. The summed E-state index contributed by atoms with van der Waals surface area (Å²) >= 11 is 0. The molecule has 3 fully saturated rings. The van der Waals surface area contributed by atoms with Crippen LogP contribution < -0.4 is 15.4 Å². The van der Waals surface area contributed by atoms with Crippen LogP contribution in [0.3, 0.4) is 0 Å². The van der Waals surface area contributed by atoms with Crippen LogP contribution in [0, 0.1) is 11.8 Å². The zero-order valence-corrected chi connectivity index (χ0v) is 36.8. The van der Waals surface area contributed by atoms with Gasteiger partial charge in [-0.05, 0) is 102 Å². The molecule has 3 unspecified atom stereocenters. The van der Waals surface area contributed by atoms with Gasteiger partial charge in [-0.15, -0.1) is 0 Å². The molecule has 4 N–H and O–H groups in total. The second-order valence-electron chi connectivity index (χ2n) is 17.9. The number of carbonyl (C=O) groups is 4. The Kier molecular flexibility index (Phi) is 11.0. The number of alkyl carbamates (subject to hydrolysis) is 2. The number of methoxy groups -OCH3 is 2. The lowest BCUT2D eigenvalue weighted by Crippen LogP contribution is -2.51. The zero-order valence-electron chi connectivity index (χ0n) is 36.8. The molecule has 10 rings (SSSR count). The van der Waals surface area contributed by atoms with Crippen LogP contribution >= 0.6 is 0 Å². The van der Waals surface area contributed by atoms with Crippen molar-refractivity contribution in [1.82, 2.24) is 40.4 Å². The summed E-state index contributed by atoms with van der Waals surface area (Å²) in [5, 5.41) is 5.49. The Bertz CT molecular complexity index is 2800. The monoisotopic (exact) mass is 876 g/mol. The number of aromatic amines is 2. The highest BCUT2D eigenvalue weighted by molar-refractivity contribution is 5.89. The minimum Gasteiger partial charge on any atom is -0.488 e. The first-order valence-corrected chi connectivity index (χ1v) is 22.4. The van der Waals surface area contributed by atoms with Crippen molar-refractivity contribution >= 4 is 35.0 Å². The van der Waals surface area contributed by atoms with Gasteiger partial charge in [0, 0.05) is 23.7 Å². The number of fused-ring (bicyclic) bond motifs is 6. The first kappa shape index (κ1) is 41.8. The van der Waals surface area contributed by atoms with E-state index in [-0.39, 0.29) is 41.8 Å². The summed E-state index contributed by atoms with van der Waals surface area (Å²) in [5.41, 5.74) is 9.41. The number of ether oxygens (including phenoxy) is 3. The number of likely N-dealkylation sites (tertiary alicyclic amines) is 2. The summed E-state index contributed by atoms with van der Waals surface area (Å²) in [6.07, 6.45) is 4.93. The van der Waals surface area contributed by atoms with Crippen LogP contribution in [-0.2, 0) is 25.7 Å². The Morgan fingerprint density at radius 3 is 2.35 bits per heavy atom. The van der Waals surface area contributed by atoms with E-state index in [1.165, 1.54) is 14.2 Å². The van der Waals surface area contributed by atoms with Crippen molar-refractivity contribution in [1.29, 1.82) is 0 Å². The lowest BCUT2D eigenvalue weighted by atomic mass is 9.92. The Hall–Kier alpha value is -7.16. The van der Waals surface area contributed by atoms with E-state index in [4.69, 9.17) is 24.2 Å². The SMILES string of the molecule is COC(=O)NC(C(=O)N1C(c2nc3ccc(-c4ccc5c(c4)COc4cc(-c6cnc([C@@H]7CCCN7C(=O)C(NC(=O)OC)C(C)C)[nH]6)ccc4-5)cc3[nH]2)[C@H]2CC[C@@H]1C2)c1ccccc1. The second kappa shape index (κ2) is 17.1. The van der Waals surface area contributed by atoms with Crippen LogP contribution in [0.15, 0.2) is 91.1 Å². The lowest BCUT2D eigenvalue weighted by Gasteiger charge is -2.36. The van der Waals surface area contributed by atoms with Crippen LogP contribution in [0.1, 0.15) is 86.9 Å². The largest absolute Gasteiger partial charge is 0.488 e. The maximum atomic E-state index is 14.4. The van der Waals surface area contributed by atoms with Crippen molar-refractivity contribution in [3.8, 4) is 39.3 Å². The Morgan fingerprint density at radius 1 is 0.800 bits per heavy atom. The first-order valence-electron chi connectivity index (χ1n) is 22.4. The molecule has 334 valence electrons. The molecule has 65 heavy (non-hydrogen) atoms. The molecule has 4 aliphatic rings. The second-order valence-corrected chi connectivity index (χ2v) is 17.9. The van der Waals surface area contributed by atoms with Gasteiger partial charge in [0.1, 0.15) is 36.1 Å². The van der Waals surface area contributed by atoms with Crippen LogP contribution in [-0.4, -0.2) is 86.6 Å². The van der Waals surface area contributed by atoms with E-state index in [1.807, 2.05) is 66.1 Å². The van der Waals surface area contributed by atoms with Crippen molar-refractivity contribution < 1.29 is 33.4 Å². The molecular weight excluding hydrogens is 825 g/mol. The standard InChI is InChI=1S/C50H52N8O7/c1-27(2)42(55-49(61)63-3)47(59)57-20-8-11-40(57)45-51-25-39(54-45)31-14-18-36-35-17-13-29(21-33(35)26-65-41(36)24-31)30-15-19-37-38(23-30)53-46(52-37)44-32-12-16-34(22-32)58(44)48(60)43(56-50(62)64-4)28-9-6-5-7-10-28/h5-7,9-10,13-15,17-19,21,23-25,27,32,34,40,42-44H,8,11-12,16,20,22,26H2,1-4H3,(H,51,54)(H,52,53)(H,55,61)(H,56,62)/t32-,34+,40-,42?,43?,44?/m0/s1. The van der Waals surface area contributed by atoms with Gasteiger partial charge >= 0.3 is 12.2 Å². The van der Waals surface area contributed by atoms with Gasteiger partial charge in [0.05, 0.1) is 49.2 Å². The van der Waals surface area contributed by atoms with Crippen molar-refractivity contribution in [3.05, 3.63) is 114 Å². The normalized spacial score (nSPS) is 20.5. The number of carbonyl (C=O) groups excluding carboxylic acids is 4. The molecule has 3 aliphatic heterocycles. The van der Waals surface area contributed by atoms with Crippen LogP contribution in [0.2, 0.25) is 0 Å². The fourth-order valence-electron chi connectivity index (χ4n) is 10.5. The van der Waals surface area contributed by atoms with Gasteiger partial charge in [0.15, 0.2) is 0 Å². The third-order valence-corrected chi connectivity index (χ3v) is 13.7. The van der Waals surface area contributed by atoms with Gasteiger partial charge in [0.2, 0.25) is 5.91 Å². The third kappa shape index (κ3) is 7.72. The summed E-state index contributed by atoms with van der Waals surface area (Å²) in [6.45, 7) is 4.79. The molecule has 5 heterocycles. The number of nitrogens with zero attached hydrogens (tertiary/aromatic N) is 4. The molecular formula is C50H52N8O7. The Labute approximate surface area is 376 Å². The van der Waals surface area contributed by atoms with Gasteiger partial charge < -0.3 is 44.6 Å². The zero-order chi connectivity index (χ0) is 44.9. The molecule has 0 radical (unpaired) electrons. The van der Waals surface area contributed by atoms with E-state index < -0.39 is 24.3 Å². The van der Waals surface area contributed by atoms with Crippen molar-refractivity contribution in [2.45, 2.75) is 82.8 Å². The van der Waals surface area contributed by atoms with Crippen molar-refractivity contribution in [3.63, 3.8) is 0 Å². The number of amides is 4. The maximum absolute atomic E-state index is 14.4. The number of hydrogen-bond donors (Lipinski definition) is 4. The number of aromatic nitrogens is 4. The minimum atomic E-state index is -0.885. The molecule has 2 aromatic heterocycles. The maximum Gasteiger partial charge on any atom is 0.407 e. The quantitative estimate of drug-likeness (QED) is 0.105. The number of piperidine rings is 1. The minimum absolute atomic E-state index is 0.0641. The number of benzene rings is 4. The van der Waals surface area contributed by atoms with Crippen molar-refractivity contribution in [2.75, 3.05) is 20.8 Å². The highest BCUT2D eigenvalue weighted by Gasteiger charge is 2.51. The van der Waals surface area contributed by atoms with Gasteiger partial charge in [-0.25, -0.2) is 19.6 Å². The van der Waals surface area contributed by atoms with Crippen LogP contribution in [0.25, 0.3) is 44.5 Å². The van der Waals surface area contributed by atoms with Gasteiger partial charge in [-0.3, -0.25) is 9.59 Å². The number of nitrogens with one attached hydrogen (secondary N) is 4. The number of imidazole rings is 2. The molecule has 6 atom stereocenters. The highest BCUT2D eigenvalue weighted by atomic mass is 16.5. The van der Waals surface area contributed by atoms with E-state index in [1.54, 1.807) is 6.20 Å². The Morgan fingerprint density at radius 2 is 1.55 bits per heavy atom. The molecule has 1 aliphatic carbocycles. The van der Waals surface area contributed by atoms with E-state index >= 15 is 0 Å². The summed E-state index contributed by atoms with van der Waals surface area (Å²) in [6, 6.07) is 26.1. The number of hydrogen-bond acceptors (Lipinski definition) is 9. The molecule has 15 nitrogen and oxygen atoms in total. The first-order chi connectivity index (χ1) is 31.6.